The molecule has 1 amide bonds. The highest BCUT2D eigenvalue weighted by atomic mass is 16.3. The van der Waals surface area contributed by atoms with Gasteiger partial charge in [0.25, 0.3) is 5.91 Å². The van der Waals surface area contributed by atoms with Crippen LogP contribution in [0.2, 0.25) is 0 Å². The van der Waals surface area contributed by atoms with Gasteiger partial charge in [-0.1, -0.05) is 34.6 Å². The van der Waals surface area contributed by atoms with Crippen LogP contribution in [0.4, 0.5) is 0 Å². The third-order valence-corrected chi connectivity index (χ3v) is 3.51. The summed E-state index contributed by atoms with van der Waals surface area (Å²) in [5, 5.41) is 19.0. The fourth-order valence-electron chi connectivity index (χ4n) is 2.30. The summed E-state index contributed by atoms with van der Waals surface area (Å²) in [5.41, 5.74) is 1.32. The topological polar surface area (TPSA) is 78.0 Å². The van der Waals surface area contributed by atoms with Crippen molar-refractivity contribution in [1.82, 2.24) is 15.5 Å². The van der Waals surface area contributed by atoms with Gasteiger partial charge in [-0.25, -0.2) is 0 Å². The van der Waals surface area contributed by atoms with E-state index in [9.17, 15) is 4.79 Å². The molecular formula is C16H29N3O2. The van der Waals surface area contributed by atoms with Crippen LogP contribution in [0, 0.1) is 11.8 Å². The summed E-state index contributed by atoms with van der Waals surface area (Å²) in [6.45, 7) is 11.2. The molecule has 0 spiro atoms. The predicted octanol–water partition coefficient (Wildman–Crippen LogP) is 2.48. The first kappa shape index (κ1) is 17.7. The monoisotopic (exact) mass is 295 g/mol. The Kier molecular flexibility index (Phi) is 6.40. The minimum absolute atomic E-state index is 0.0530. The average molecular weight is 295 g/mol. The molecule has 0 aliphatic carbocycles. The summed E-state index contributed by atoms with van der Waals surface area (Å²) in [6.07, 6.45) is 1.71. The molecule has 5 nitrogen and oxygen atoms in total. The maximum absolute atomic E-state index is 12.1. The van der Waals surface area contributed by atoms with Crippen molar-refractivity contribution in [2.45, 2.75) is 52.9 Å². The van der Waals surface area contributed by atoms with Crippen LogP contribution in [-0.2, 0) is 5.41 Å². The van der Waals surface area contributed by atoms with Gasteiger partial charge in [-0.05, 0) is 30.7 Å². The molecule has 5 heteroatoms. The number of H-pyrrole nitrogens is 1. The SMILES string of the molecule is CC(C)CC(CCO)CNC(=O)c1cc(C(C)(C)C)[nH]n1. The van der Waals surface area contributed by atoms with Gasteiger partial charge in [-0.15, -0.1) is 0 Å². The highest BCUT2D eigenvalue weighted by molar-refractivity contribution is 5.92. The third kappa shape index (κ3) is 5.87. The highest BCUT2D eigenvalue weighted by Crippen LogP contribution is 2.20. The number of carbonyl (C=O) groups is 1. The fourth-order valence-corrected chi connectivity index (χ4v) is 2.30. The van der Waals surface area contributed by atoms with Crippen molar-refractivity contribution in [3.05, 3.63) is 17.5 Å². The van der Waals surface area contributed by atoms with Crippen LogP contribution < -0.4 is 5.32 Å². The smallest absolute Gasteiger partial charge is 0.271 e. The molecule has 0 radical (unpaired) electrons. The standard InChI is InChI=1S/C16H29N3O2/c1-11(2)8-12(6-7-20)10-17-15(21)13-9-14(19-18-13)16(3,4)5/h9,11-12,20H,6-8,10H2,1-5H3,(H,17,21)(H,18,19). The van der Waals surface area contributed by atoms with E-state index in [0.29, 0.717) is 30.5 Å². The number of amides is 1. The first-order chi connectivity index (χ1) is 9.74. The maximum atomic E-state index is 12.1. The second-order valence-corrected chi connectivity index (χ2v) is 7.13. The van der Waals surface area contributed by atoms with E-state index in [2.05, 4.69) is 50.1 Å². The molecule has 0 fully saturated rings. The molecule has 0 aromatic carbocycles. The van der Waals surface area contributed by atoms with E-state index in [1.165, 1.54) is 0 Å². The molecule has 3 N–H and O–H groups in total. The van der Waals surface area contributed by atoms with Gasteiger partial charge in [0, 0.05) is 24.3 Å². The van der Waals surface area contributed by atoms with Gasteiger partial charge in [0.2, 0.25) is 0 Å². The summed E-state index contributed by atoms with van der Waals surface area (Å²) >= 11 is 0. The molecule has 1 heterocycles. The number of aromatic nitrogens is 2. The summed E-state index contributed by atoms with van der Waals surface area (Å²) in [6, 6.07) is 1.80. The molecule has 1 atom stereocenters. The lowest BCUT2D eigenvalue weighted by molar-refractivity contribution is 0.0936. The van der Waals surface area contributed by atoms with Crippen LogP contribution in [0.5, 0.6) is 0 Å². The van der Waals surface area contributed by atoms with Gasteiger partial charge in [0.05, 0.1) is 0 Å². The molecule has 0 aliphatic rings. The number of carbonyl (C=O) groups excluding carboxylic acids is 1. The Hall–Kier alpha value is -1.36. The molecule has 1 rings (SSSR count). The summed E-state index contributed by atoms with van der Waals surface area (Å²) in [4.78, 5) is 12.1. The van der Waals surface area contributed by atoms with Gasteiger partial charge < -0.3 is 10.4 Å². The number of nitrogens with zero attached hydrogens (tertiary/aromatic N) is 1. The number of aliphatic hydroxyl groups excluding tert-OH is 1. The largest absolute Gasteiger partial charge is 0.396 e. The summed E-state index contributed by atoms with van der Waals surface area (Å²) in [5.74, 6) is 0.699. The Morgan fingerprint density at radius 1 is 1.43 bits per heavy atom. The van der Waals surface area contributed by atoms with Crippen LogP contribution in [-0.4, -0.2) is 34.4 Å². The quantitative estimate of drug-likeness (QED) is 0.723. The second-order valence-electron chi connectivity index (χ2n) is 7.13. The van der Waals surface area contributed by atoms with Crippen molar-refractivity contribution >= 4 is 5.91 Å². The zero-order valence-corrected chi connectivity index (χ0v) is 13.9. The molecule has 21 heavy (non-hydrogen) atoms. The normalized spacial score (nSPS) is 13.5. The molecule has 0 saturated carbocycles. The number of aliphatic hydroxyl groups is 1. The number of hydrogen-bond acceptors (Lipinski definition) is 3. The number of aromatic amines is 1. The van der Waals surface area contributed by atoms with E-state index in [1.54, 1.807) is 6.07 Å². The van der Waals surface area contributed by atoms with Crippen molar-refractivity contribution in [3.63, 3.8) is 0 Å². The molecule has 1 aromatic rings. The number of hydrogen-bond donors (Lipinski definition) is 3. The van der Waals surface area contributed by atoms with Gasteiger partial charge in [0.1, 0.15) is 5.69 Å². The minimum atomic E-state index is -0.159. The molecule has 120 valence electrons. The van der Waals surface area contributed by atoms with Crippen LogP contribution in [0.25, 0.3) is 0 Å². The van der Waals surface area contributed by atoms with E-state index in [1.807, 2.05) is 0 Å². The zero-order valence-electron chi connectivity index (χ0n) is 13.9. The molecule has 1 unspecified atom stereocenters. The first-order valence-electron chi connectivity index (χ1n) is 7.69. The Bertz CT molecular complexity index is 447. The van der Waals surface area contributed by atoms with E-state index in [0.717, 1.165) is 12.1 Å². The molecule has 0 saturated heterocycles. The van der Waals surface area contributed by atoms with E-state index in [-0.39, 0.29) is 17.9 Å². The Morgan fingerprint density at radius 3 is 2.57 bits per heavy atom. The van der Waals surface area contributed by atoms with Gasteiger partial charge in [-0.3, -0.25) is 9.89 Å². The molecule has 0 bridgehead atoms. The van der Waals surface area contributed by atoms with Crippen molar-refractivity contribution in [2.24, 2.45) is 11.8 Å². The van der Waals surface area contributed by atoms with E-state index < -0.39 is 0 Å². The van der Waals surface area contributed by atoms with Gasteiger partial charge in [-0.2, -0.15) is 5.10 Å². The molecule has 1 aromatic heterocycles. The Balaban J connectivity index is 2.57. The fraction of sp³-hybridized carbons (Fsp3) is 0.750. The lowest BCUT2D eigenvalue weighted by atomic mass is 9.92. The first-order valence-corrected chi connectivity index (χ1v) is 7.69. The highest BCUT2D eigenvalue weighted by Gasteiger charge is 2.20. The van der Waals surface area contributed by atoms with Crippen LogP contribution in [0.1, 0.15) is 63.6 Å². The van der Waals surface area contributed by atoms with E-state index >= 15 is 0 Å². The Morgan fingerprint density at radius 2 is 2.10 bits per heavy atom. The summed E-state index contributed by atoms with van der Waals surface area (Å²) in [7, 11) is 0. The summed E-state index contributed by atoms with van der Waals surface area (Å²) < 4.78 is 0. The third-order valence-electron chi connectivity index (χ3n) is 3.51. The average Bonchev–Trinajstić information content (AvgIpc) is 2.84. The van der Waals surface area contributed by atoms with E-state index in [4.69, 9.17) is 5.11 Å². The van der Waals surface area contributed by atoms with Gasteiger partial charge >= 0.3 is 0 Å². The lowest BCUT2D eigenvalue weighted by Gasteiger charge is -2.18. The van der Waals surface area contributed by atoms with Crippen molar-refractivity contribution in [1.29, 1.82) is 0 Å². The number of nitrogens with one attached hydrogen (secondary N) is 2. The van der Waals surface area contributed by atoms with Crippen molar-refractivity contribution in [2.75, 3.05) is 13.2 Å². The zero-order chi connectivity index (χ0) is 16.0. The lowest BCUT2D eigenvalue weighted by Crippen LogP contribution is -2.30. The van der Waals surface area contributed by atoms with Crippen molar-refractivity contribution < 1.29 is 9.90 Å². The van der Waals surface area contributed by atoms with Crippen LogP contribution >= 0.6 is 0 Å². The predicted molar refractivity (Wildman–Crippen MR) is 84.3 cm³/mol. The number of rotatable bonds is 7. The Labute approximate surface area is 127 Å². The maximum Gasteiger partial charge on any atom is 0.271 e. The minimum Gasteiger partial charge on any atom is -0.396 e. The second kappa shape index (κ2) is 7.59. The molecule has 0 aliphatic heterocycles. The van der Waals surface area contributed by atoms with Gasteiger partial charge in [0.15, 0.2) is 0 Å². The van der Waals surface area contributed by atoms with Crippen LogP contribution in [0.3, 0.4) is 0 Å². The van der Waals surface area contributed by atoms with Crippen molar-refractivity contribution in [3.8, 4) is 0 Å². The van der Waals surface area contributed by atoms with Crippen LogP contribution in [0.15, 0.2) is 6.07 Å². The molecular weight excluding hydrogens is 266 g/mol.